The van der Waals surface area contributed by atoms with Crippen LogP contribution in [-0.2, 0) is 35.7 Å². The maximum absolute atomic E-state index is 10.3. The van der Waals surface area contributed by atoms with Gasteiger partial charge in [0.25, 0.3) is 6.47 Å². The average Bonchev–Trinajstić information content (AvgIpc) is 3.51. The van der Waals surface area contributed by atoms with Crippen LogP contribution < -0.4 is 10.1 Å². The normalized spacial score (nSPS) is 11.0. The molecule has 0 spiro atoms. The summed E-state index contributed by atoms with van der Waals surface area (Å²) in [6.45, 7) is 2.94. The molecule has 0 radical (unpaired) electrons. The van der Waals surface area contributed by atoms with E-state index in [2.05, 4.69) is 72.4 Å². The Hall–Kier alpha value is -5.54. The molecule has 0 aliphatic heterocycles. The number of hydrogen-bond donors (Lipinski definition) is 2. The van der Waals surface area contributed by atoms with E-state index < -0.39 is 0 Å². The summed E-state index contributed by atoms with van der Waals surface area (Å²) in [6, 6.07) is 34.1. The largest absolute Gasteiger partial charge is 0.457 e. The van der Waals surface area contributed by atoms with Crippen LogP contribution in [0.2, 0.25) is 0 Å². The first-order chi connectivity index (χ1) is 21.7. The number of aromatic amines is 1. The van der Waals surface area contributed by atoms with Gasteiger partial charge in [-0.15, -0.1) is 0 Å². The van der Waals surface area contributed by atoms with E-state index in [4.69, 9.17) is 9.72 Å². The van der Waals surface area contributed by atoms with Crippen LogP contribution in [0.4, 0.5) is 5.69 Å². The standard InChI is InChI=1S/C35H32N6O3/c42-24-43-25-44-30-16-14-26(15-17-30)20-38-32-12-2-1-11-31(32)35-39-33-13-7-8-27(34(33)40-35)21-41(22-28-9-3-5-18-36-28)23-29-10-4-6-19-37-29/h1-19,24,38H,20-23,25H2,(H,39,40). The molecule has 9 heteroatoms. The van der Waals surface area contributed by atoms with E-state index in [1.54, 1.807) is 0 Å². The molecule has 0 aliphatic carbocycles. The van der Waals surface area contributed by atoms with Crippen LogP contribution in [-0.4, -0.2) is 38.1 Å². The highest BCUT2D eigenvalue weighted by Gasteiger charge is 2.16. The lowest BCUT2D eigenvalue weighted by Crippen LogP contribution is -2.23. The fourth-order valence-electron chi connectivity index (χ4n) is 5.07. The number of ether oxygens (including phenoxy) is 2. The summed E-state index contributed by atoms with van der Waals surface area (Å²) in [7, 11) is 0. The fraction of sp³-hybridized carbons (Fsp3) is 0.143. The van der Waals surface area contributed by atoms with Crippen molar-refractivity contribution in [2.24, 2.45) is 0 Å². The highest BCUT2D eigenvalue weighted by molar-refractivity contribution is 5.85. The van der Waals surface area contributed by atoms with Gasteiger partial charge in [0.2, 0.25) is 6.79 Å². The SMILES string of the molecule is O=COCOc1ccc(CNc2ccccc2-c2nc3c(CN(Cc4ccccn4)Cc4ccccn4)cccc3[nH]2)cc1. The van der Waals surface area contributed by atoms with E-state index in [1.807, 2.05) is 73.1 Å². The Labute approximate surface area is 255 Å². The molecule has 2 N–H and O–H groups in total. The third kappa shape index (κ3) is 7.26. The molecule has 0 saturated heterocycles. The summed E-state index contributed by atoms with van der Waals surface area (Å²) in [5.74, 6) is 1.43. The summed E-state index contributed by atoms with van der Waals surface area (Å²) in [5, 5.41) is 3.55. The number of para-hydroxylation sites is 2. The average molecular weight is 585 g/mol. The third-order valence-corrected chi connectivity index (χ3v) is 7.16. The second-order valence-electron chi connectivity index (χ2n) is 10.3. The van der Waals surface area contributed by atoms with Gasteiger partial charge in [-0.3, -0.25) is 19.7 Å². The van der Waals surface area contributed by atoms with Crippen molar-refractivity contribution in [2.75, 3.05) is 12.1 Å². The Morgan fingerprint density at radius 2 is 1.50 bits per heavy atom. The maximum atomic E-state index is 10.3. The number of nitrogens with one attached hydrogen (secondary N) is 2. The Balaban J connectivity index is 1.21. The van der Waals surface area contributed by atoms with Gasteiger partial charge in [0, 0.05) is 49.8 Å². The second-order valence-corrected chi connectivity index (χ2v) is 10.3. The van der Waals surface area contributed by atoms with Gasteiger partial charge in [-0.2, -0.15) is 0 Å². The van der Waals surface area contributed by atoms with E-state index in [9.17, 15) is 4.79 Å². The van der Waals surface area contributed by atoms with Crippen LogP contribution in [0.5, 0.6) is 5.75 Å². The number of carbonyl (C=O) groups excluding carboxylic acids is 1. The molecule has 0 unspecified atom stereocenters. The van der Waals surface area contributed by atoms with Crippen LogP contribution in [0.15, 0.2) is 116 Å². The lowest BCUT2D eigenvalue weighted by Gasteiger charge is -2.22. The molecule has 44 heavy (non-hydrogen) atoms. The lowest BCUT2D eigenvalue weighted by atomic mass is 10.1. The number of pyridine rings is 2. The first-order valence-corrected chi connectivity index (χ1v) is 14.4. The summed E-state index contributed by atoms with van der Waals surface area (Å²) < 4.78 is 9.96. The number of benzene rings is 3. The first-order valence-electron chi connectivity index (χ1n) is 14.4. The molecule has 0 atom stereocenters. The van der Waals surface area contributed by atoms with Gasteiger partial charge in [0.05, 0.1) is 22.4 Å². The van der Waals surface area contributed by atoms with Crippen molar-refractivity contribution in [3.63, 3.8) is 0 Å². The van der Waals surface area contributed by atoms with Crippen LogP contribution in [0, 0.1) is 0 Å². The predicted octanol–water partition coefficient (Wildman–Crippen LogP) is 6.34. The van der Waals surface area contributed by atoms with Crippen molar-refractivity contribution in [1.82, 2.24) is 24.8 Å². The minimum atomic E-state index is -0.111. The molecule has 6 aromatic rings. The molecule has 6 rings (SSSR count). The summed E-state index contributed by atoms with van der Waals surface area (Å²) in [6.07, 6.45) is 3.66. The number of carbonyl (C=O) groups is 1. The molecule has 0 amide bonds. The van der Waals surface area contributed by atoms with Crippen molar-refractivity contribution in [1.29, 1.82) is 0 Å². The van der Waals surface area contributed by atoms with Crippen LogP contribution in [0.25, 0.3) is 22.4 Å². The molecule has 0 bridgehead atoms. The van der Waals surface area contributed by atoms with E-state index >= 15 is 0 Å². The van der Waals surface area contributed by atoms with Crippen molar-refractivity contribution < 1.29 is 14.3 Å². The molecule has 0 aliphatic rings. The molecule has 0 fully saturated rings. The van der Waals surface area contributed by atoms with E-state index in [1.165, 1.54) is 0 Å². The smallest absolute Gasteiger partial charge is 0.295 e. The zero-order chi connectivity index (χ0) is 30.0. The van der Waals surface area contributed by atoms with E-state index in [-0.39, 0.29) is 6.79 Å². The van der Waals surface area contributed by atoms with Crippen LogP contribution >= 0.6 is 0 Å². The van der Waals surface area contributed by atoms with Gasteiger partial charge < -0.3 is 19.8 Å². The maximum Gasteiger partial charge on any atom is 0.295 e. The number of H-pyrrole nitrogens is 1. The summed E-state index contributed by atoms with van der Waals surface area (Å²) in [5.41, 5.74) is 8.11. The van der Waals surface area contributed by atoms with Crippen molar-refractivity contribution in [3.05, 3.63) is 138 Å². The summed E-state index contributed by atoms with van der Waals surface area (Å²) in [4.78, 5) is 30.4. The van der Waals surface area contributed by atoms with Crippen molar-refractivity contribution in [3.8, 4) is 17.1 Å². The molecule has 3 heterocycles. The number of rotatable bonds is 14. The molecule has 3 aromatic carbocycles. The highest BCUT2D eigenvalue weighted by atomic mass is 16.7. The van der Waals surface area contributed by atoms with Crippen molar-refractivity contribution >= 4 is 23.2 Å². The van der Waals surface area contributed by atoms with Crippen LogP contribution in [0.3, 0.4) is 0 Å². The monoisotopic (exact) mass is 584 g/mol. The summed E-state index contributed by atoms with van der Waals surface area (Å²) >= 11 is 0. The molecule has 0 saturated carbocycles. The Morgan fingerprint density at radius 3 is 2.20 bits per heavy atom. The van der Waals surface area contributed by atoms with Crippen molar-refractivity contribution in [2.45, 2.75) is 26.2 Å². The number of nitrogens with zero attached hydrogens (tertiary/aromatic N) is 4. The van der Waals surface area contributed by atoms with Gasteiger partial charge >= 0.3 is 0 Å². The Morgan fingerprint density at radius 1 is 0.773 bits per heavy atom. The minimum absolute atomic E-state index is 0.111. The molecule has 3 aromatic heterocycles. The quantitative estimate of drug-likeness (QED) is 0.0868. The van der Waals surface area contributed by atoms with Gasteiger partial charge in [0.15, 0.2) is 0 Å². The first kappa shape index (κ1) is 28.6. The van der Waals surface area contributed by atoms with E-state index in [0.717, 1.165) is 50.6 Å². The second kappa shape index (κ2) is 14.1. The minimum Gasteiger partial charge on any atom is -0.457 e. The van der Waals surface area contributed by atoms with Crippen LogP contribution in [0.1, 0.15) is 22.5 Å². The Kier molecular flexibility index (Phi) is 9.15. The molecule has 9 nitrogen and oxygen atoms in total. The zero-order valence-electron chi connectivity index (χ0n) is 24.1. The van der Waals surface area contributed by atoms with Gasteiger partial charge in [-0.05, 0) is 65.7 Å². The molecular weight excluding hydrogens is 552 g/mol. The Bertz CT molecular complexity index is 1750. The lowest BCUT2D eigenvalue weighted by molar-refractivity contribution is -0.134. The van der Waals surface area contributed by atoms with E-state index in [0.29, 0.717) is 38.4 Å². The fourth-order valence-corrected chi connectivity index (χ4v) is 5.07. The third-order valence-electron chi connectivity index (χ3n) is 7.16. The number of aromatic nitrogens is 4. The topological polar surface area (TPSA) is 105 Å². The predicted molar refractivity (Wildman–Crippen MR) is 169 cm³/mol. The highest BCUT2D eigenvalue weighted by Crippen LogP contribution is 2.30. The number of hydrogen-bond acceptors (Lipinski definition) is 8. The molecule has 220 valence electrons. The number of fused-ring (bicyclic) bond motifs is 1. The van der Waals surface area contributed by atoms with Gasteiger partial charge in [0.1, 0.15) is 11.6 Å². The number of imidazole rings is 1. The number of anilines is 1. The van der Waals surface area contributed by atoms with Gasteiger partial charge in [-0.25, -0.2) is 4.98 Å². The van der Waals surface area contributed by atoms with Gasteiger partial charge in [-0.1, -0.05) is 48.5 Å². The molecular formula is C35H32N6O3. The zero-order valence-corrected chi connectivity index (χ0v) is 24.1.